The molecule has 0 amide bonds. The lowest BCUT2D eigenvalue weighted by Crippen LogP contribution is -2.27. The fraction of sp³-hybridized carbons (Fsp3) is 0.300. The molecule has 0 unspecified atom stereocenters. The predicted molar refractivity (Wildman–Crippen MR) is 110 cm³/mol. The molecule has 4 rings (SSSR count). The minimum Gasteiger partial charge on any atom is -0.467 e. The summed E-state index contributed by atoms with van der Waals surface area (Å²) in [6.07, 6.45) is 4.16. The average Bonchev–Trinajstić information content (AvgIpc) is 3.34. The molecule has 1 aliphatic heterocycles. The van der Waals surface area contributed by atoms with Gasteiger partial charge in [-0.2, -0.15) is 0 Å². The van der Waals surface area contributed by atoms with E-state index in [2.05, 4.69) is 40.7 Å². The first-order chi connectivity index (χ1) is 12.7. The monoisotopic (exact) mass is 366 g/mol. The van der Waals surface area contributed by atoms with Gasteiger partial charge in [0, 0.05) is 24.2 Å². The molecule has 0 aliphatic carbocycles. The molecule has 0 atom stereocenters. The van der Waals surface area contributed by atoms with Crippen LogP contribution in [-0.2, 0) is 6.54 Å². The zero-order valence-electron chi connectivity index (χ0n) is 14.8. The number of benzene rings is 1. The van der Waals surface area contributed by atoms with Crippen molar-refractivity contribution < 1.29 is 4.42 Å². The molecular formula is C20H22N4OS. The number of rotatable bonds is 4. The molecule has 3 aromatic rings. The molecule has 3 heterocycles. The van der Waals surface area contributed by atoms with Crippen molar-refractivity contribution in [3.8, 4) is 0 Å². The van der Waals surface area contributed by atoms with Crippen LogP contribution >= 0.6 is 12.2 Å². The number of nitrogens with one attached hydrogen (secondary N) is 2. The van der Waals surface area contributed by atoms with Gasteiger partial charge >= 0.3 is 0 Å². The molecule has 1 aromatic carbocycles. The topological polar surface area (TPSA) is 53.3 Å². The van der Waals surface area contributed by atoms with Crippen LogP contribution in [0.15, 0.2) is 47.1 Å². The lowest BCUT2D eigenvalue weighted by Gasteiger charge is -2.18. The number of thiocarbonyl (C=S) groups is 1. The molecule has 2 N–H and O–H groups in total. The Balaban J connectivity index is 1.49. The third kappa shape index (κ3) is 3.65. The molecular weight excluding hydrogens is 344 g/mol. The van der Waals surface area contributed by atoms with Gasteiger partial charge in [0.15, 0.2) is 5.11 Å². The van der Waals surface area contributed by atoms with E-state index in [-0.39, 0.29) is 0 Å². The van der Waals surface area contributed by atoms with Crippen molar-refractivity contribution in [2.24, 2.45) is 0 Å². The summed E-state index contributed by atoms with van der Waals surface area (Å²) in [4.78, 5) is 7.21. The number of anilines is 2. The van der Waals surface area contributed by atoms with E-state index in [1.165, 1.54) is 18.4 Å². The Morgan fingerprint density at radius 2 is 2.08 bits per heavy atom. The second kappa shape index (κ2) is 7.33. The van der Waals surface area contributed by atoms with Gasteiger partial charge < -0.3 is 20.0 Å². The lowest BCUT2D eigenvalue weighted by molar-refractivity contribution is 0.503. The summed E-state index contributed by atoms with van der Waals surface area (Å²) in [6, 6.07) is 12.1. The van der Waals surface area contributed by atoms with E-state index in [9.17, 15) is 0 Å². The van der Waals surface area contributed by atoms with E-state index in [4.69, 9.17) is 21.6 Å². The normalized spacial score (nSPS) is 14.0. The van der Waals surface area contributed by atoms with Gasteiger partial charge in [-0.05, 0) is 73.9 Å². The molecule has 2 aromatic heterocycles. The molecule has 0 spiro atoms. The van der Waals surface area contributed by atoms with Crippen molar-refractivity contribution in [3.05, 3.63) is 54.0 Å². The number of nitrogens with zero attached hydrogens (tertiary/aromatic N) is 2. The first-order valence-electron chi connectivity index (χ1n) is 8.93. The zero-order chi connectivity index (χ0) is 17.9. The highest BCUT2D eigenvalue weighted by Crippen LogP contribution is 2.27. The summed E-state index contributed by atoms with van der Waals surface area (Å²) >= 11 is 5.37. The van der Waals surface area contributed by atoms with Crippen LogP contribution in [0.4, 0.5) is 11.5 Å². The van der Waals surface area contributed by atoms with Crippen LogP contribution < -0.4 is 15.5 Å². The van der Waals surface area contributed by atoms with Crippen molar-refractivity contribution in [2.75, 3.05) is 23.3 Å². The smallest absolute Gasteiger partial charge is 0.171 e. The highest BCUT2D eigenvalue weighted by atomic mass is 32.1. The van der Waals surface area contributed by atoms with Crippen LogP contribution in [0.25, 0.3) is 10.9 Å². The molecule has 1 fully saturated rings. The Bertz CT molecular complexity index is 917. The van der Waals surface area contributed by atoms with Crippen molar-refractivity contribution in [1.82, 2.24) is 10.3 Å². The Kier molecular flexibility index (Phi) is 4.75. The maximum absolute atomic E-state index is 5.37. The van der Waals surface area contributed by atoms with Gasteiger partial charge in [0.25, 0.3) is 0 Å². The number of pyridine rings is 1. The van der Waals surface area contributed by atoms with Crippen LogP contribution in [0, 0.1) is 6.92 Å². The van der Waals surface area contributed by atoms with Crippen molar-refractivity contribution in [2.45, 2.75) is 26.3 Å². The van der Waals surface area contributed by atoms with E-state index in [1.54, 1.807) is 6.26 Å². The molecule has 1 saturated heterocycles. The van der Waals surface area contributed by atoms with E-state index in [0.29, 0.717) is 11.7 Å². The Labute approximate surface area is 158 Å². The molecule has 26 heavy (non-hydrogen) atoms. The third-order valence-electron chi connectivity index (χ3n) is 4.69. The standard InChI is InChI=1S/C20H22N4OS/c1-14-11-19(24-8-2-3-9-24)23-18-7-6-15(12-17(14)18)22-20(26)21-13-16-5-4-10-25-16/h4-7,10-12H,2-3,8-9,13H2,1H3,(H2,21,22,26). The number of aromatic nitrogens is 1. The quantitative estimate of drug-likeness (QED) is 0.674. The van der Waals surface area contributed by atoms with E-state index < -0.39 is 0 Å². The van der Waals surface area contributed by atoms with Crippen LogP contribution in [0.3, 0.4) is 0 Å². The number of furan rings is 1. The minimum atomic E-state index is 0.562. The van der Waals surface area contributed by atoms with Crippen molar-refractivity contribution >= 4 is 39.7 Å². The highest BCUT2D eigenvalue weighted by molar-refractivity contribution is 7.80. The maximum Gasteiger partial charge on any atom is 0.171 e. The summed E-state index contributed by atoms with van der Waals surface area (Å²) in [5, 5.41) is 8.10. The van der Waals surface area contributed by atoms with Gasteiger partial charge in [-0.3, -0.25) is 0 Å². The summed E-state index contributed by atoms with van der Waals surface area (Å²) in [6.45, 7) is 4.91. The van der Waals surface area contributed by atoms with Gasteiger partial charge in [0.2, 0.25) is 0 Å². The van der Waals surface area contributed by atoms with Crippen LogP contribution in [0.5, 0.6) is 0 Å². The van der Waals surface area contributed by atoms with Crippen LogP contribution in [-0.4, -0.2) is 23.2 Å². The SMILES string of the molecule is Cc1cc(N2CCCC2)nc2ccc(NC(=S)NCc3ccco3)cc12. The van der Waals surface area contributed by atoms with Crippen LogP contribution in [0.2, 0.25) is 0 Å². The first-order valence-corrected chi connectivity index (χ1v) is 9.33. The molecule has 1 aliphatic rings. The van der Waals surface area contributed by atoms with Gasteiger partial charge in [-0.15, -0.1) is 0 Å². The minimum absolute atomic E-state index is 0.562. The average molecular weight is 366 g/mol. The lowest BCUT2D eigenvalue weighted by atomic mass is 10.1. The van der Waals surface area contributed by atoms with E-state index in [0.717, 1.165) is 41.3 Å². The molecule has 0 bridgehead atoms. The number of hydrogen-bond acceptors (Lipinski definition) is 4. The van der Waals surface area contributed by atoms with Gasteiger partial charge in [0.05, 0.1) is 18.3 Å². The predicted octanol–water partition coefficient (Wildman–Crippen LogP) is 4.22. The molecule has 0 saturated carbocycles. The van der Waals surface area contributed by atoms with Gasteiger partial charge in [-0.25, -0.2) is 4.98 Å². The van der Waals surface area contributed by atoms with Gasteiger partial charge in [0.1, 0.15) is 11.6 Å². The molecule has 134 valence electrons. The fourth-order valence-electron chi connectivity index (χ4n) is 3.32. The second-order valence-electron chi connectivity index (χ2n) is 6.61. The molecule has 5 nitrogen and oxygen atoms in total. The number of hydrogen-bond donors (Lipinski definition) is 2. The third-order valence-corrected chi connectivity index (χ3v) is 4.94. The van der Waals surface area contributed by atoms with E-state index in [1.807, 2.05) is 18.2 Å². The number of aryl methyl sites for hydroxylation is 1. The Morgan fingerprint density at radius 3 is 2.85 bits per heavy atom. The largest absolute Gasteiger partial charge is 0.467 e. The maximum atomic E-state index is 5.37. The second-order valence-corrected chi connectivity index (χ2v) is 7.02. The van der Waals surface area contributed by atoms with Crippen LogP contribution in [0.1, 0.15) is 24.2 Å². The molecule has 6 heteroatoms. The summed E-state index contributed by atoms with van der Waals surface area (Å²) in [5.74, 6) is 1.94. The number of fused-ring (bicyclic) bond motifs is 1. The zero-order valence-corrected chi connectivity index (χ0v) is 15.6. The first kappa shape index (κ1) is 16.8. The van der Waals surface area contributed by atoms with Crippen molar-refractivity contribution in [3.63, 3.8) is 0 Å². The molecule has 0 radical (unpaired) electrons. The Morgan fingerprint density at radius 1 is 1.23 bits per heavy atom. The van der Waals surface area contributed by atoms with E-state index >= 15 is 0 Å². The van der Waals surface area contributed by atoms with Gasteiger partial charge in [-0.1, -0.05) is 0 Å². The summed E-state index contributed by atoms with van der Waals surface area (Å²) in [5.41, 5.74) is 3.20. The summed E-state index contributed by atoms with van der Waals surface area (Å²) in [7, 11) is 0. The fourth-order valence-corrected chi connectivity index (χ4v) is 3.51. The highest BCUT2D eigenvalue weighted by Gasteiger charge is 2.15. The van der Waals surface area contributed by atoms with Crippen molar-refractivity contribution in [1.29, 1.82) is 0 Å². The Hall–Kier alpha value is -2.60. The summed E-state index contributed by atoms with van der Waals surface area (Å²) < 4.78 is 5.30.